The van der Waals surface area contributed by atoms with E-state index >= 15 is 0 Å². The van der Waals surface area contributed by atoms with E-state index in [9.17, 15) is 0 Å². The van der Waals surface area contributed by atoms with Crippen molar-refractivity contribution in [3.8, 4) is 5.69 Å². The van der Waals surface area contributed by atoms with Gasteiger partial charge in [0.15, 0.2) is 0 Å². The van der Waals surface area contributed by atoms with Crippen LogP contribution >= 0.6 is 0 Å². The molecule has 0 aliphatic heterocycles. The van der Waals surface area contributed by atoms with Crippen molar-refractivity contribution >= 4 is 5.95 Å². The summed E-state index contributed by atoms with van der Waals surface area (Å²) in [4.78, 5) is 4.48. The summed E-state index contributed by atoms with van der Waals surface area (Å²) in [5.74, 6) is 2.60. The second kappa shape index (κ2) is 5.70. The minimum Gasteiger partial charge on any atom is -0.353 e. The highest BCUT2D eigenvalue weighted by atomic mass is 15.2. The van der Waals surface area contributed by atoms with Gasteiger partial charge < -0.3 is 5.32 Å². The standard InChI is InChI=1S/C17H23N3/c1-13-8-9-15(12-14(13)2)19-17-18-10-11-20(17)16-6-4-3-5-7-16/h3-7,10-11,13-15H,8-9,12H2,1-2H3,(H,18,19). The Kier molecular flexibility index (Phi) is 3.77. The molecule has 3 nitrogen and oxygen atoms in total. The van der Waals surface area contributed by atoms with Crippen LogP contribution in [0, 0.1) is 11.8 Å². The average Bonchev–Trinajstić information content (AvgIpc) is 2.92. The summed E-state index contributed by atoms with van der Waals surface area (Å²) in [6.45, 7) is 4.73. The van der Waals surface area contributed by atoms with Gasteiger partial charge in [-0.2, -0.15) is 0 Å². The summed E-state index contributed by atoms with van der Waals surface area (Å²) in [7, 11) is 0. The summed E-state index contributed by atoms with van der Waals surface area (Å²) in [5.41, 5.74) is 1.16. The Balaban J connectivity index is 1.75. The molecule has 1 heterocycles. The first-order valence-electron chi connectivity index (χ1n) is 7.59. The zero-order valence-electron chi connectivity index (χ0n) is 12.3. The molecule has 1 aromatic heterocycles. The van der Waals surface area contributed by atoms with Gasteiger partial charge in [-0.25, -0.2) is 4.98 Å². The molecular weight excluding hydrogens is 246 g/mol. The molecule has 3 atom stereocenters. The van der Waals surface area contributed by atoms with Gasteiger partial charge in [-0.05, 0) is 43.2 Å². The van der Waals surface area contributed by atoms with Crippen molar-refractivity contribution in [3.05, 3.63) is 42.7 Å². The highest BCUT2D eigenvalue weighted by molar-refractivity contribution is 5.42. The Bertz CT molecular complexity index is 546. The van der Waals surface area contributed by atoms with Crippen LogP contribution in [0.3, 0.4) is 0 Å². The average molecular weight is 269 g/mol. The highest BCUT2D eigenvalue weighted by Gasteiger charge is 2.25. The molecule has 1 aromatic carbocycles. The number of aromatic nitrogens is 2. The predicted molar refractivity (Wildman–Crippen MR) is 83.2 cm³/mol. The SMILES string of the molecule is CC1CCC(Nc2nccn2-c2ccccc2)CC1C. The maximum atomic E-state index is 4.48. The van der Waals surface area contributed by atoms with Crippen molar-refractivity contribution < 1.29 is 0 Å². The minimum absolute atomic E-state index is 0.547. The topological polar surface area (TPSA) is 29.9 Å². The van der Waals surface area contributed by atoms with Crippen LogP contribution < -0.4 is 5.32 Å². The monoisotopic (exact) mass is 269 g/mol. The van der Waals surface area contributed by atoms with Crippen LogP contribution in [0.4, 0.5) is 5.95 Å². The van der Waals surface area contributed by atoms with E-state index in [1.54, 1.807) is 0 Å². The molecule has 1 aliphatic rings. The number of hydrogen-bond acceptors (Lipinski definition) is 2. The fraction of sp³-hybridized carbons (Fsp3) is 0.471. The van der Waals surface area contributed by atoms with Crippen LogP contribution in [0.1, 0.15) is 33.1 Å². The Hall–Kier alpha value is -1.77. The molecule has 3 rings (SSSR count). The van der Waals surface area contributed by atoms with Crippen molar-refractivity contribution in [1.29, 1.82) is 0 Å². The van der Waals surface area contributed by atoms with E-state index in [-0.39, 0.29) is 0 Å². The smallest absolute Gasteiger partial charge is 0.207 e. The van der Waals surface area contributed by atoms with Gasteiger partial charge in [0.1, 0.15) is 0 Å². The quantitative estimate of drug-likeness (QED) is 0.908. The largest absolute Gasteiger partial charge is 0.353 e. The zero-order valence-corrected chi connectivity index (χ0v) is 12.3. The van der Waals surface area contributed by atoms with E-state index in [4.69, 9.17) is 0 Å². The normalized spacial score (nSPS) is 26.4. The fourth-order valence-electron chi connectivity index (χ4n) is 3.07. The number of nitrogens with zero attached hydrogens (tertiary/aromatic N) is 2. The summed E-state index contributed by atoms with van der Waals surface area (Å²) < 4.78 is 2.13. The van der Waals surface area contributed by atoms with E-state index in [2.05, 4.69) is 53.0 Å². The van der Waals surface area contributed by atoms with Crippen molar-refractivity contribution in [2.24, 2.45) is 11.8 Å². The molecular formula is C17H23N3. The third kappa shape index (κ3) is 2.72. The summed E-state index contributed by atoms with van der Waals surface area (Å²) in [6.07, 6.45) is 7.68. The lowest BCUT2D eigenvalue weighted by molar-refractivity contribution is 0.260. The first-order valence-corrected chi connectivity index (χ1v) is 7.59. The van der Waals surface area contributed by atoms with Crippen molar-refractivity contribution in [3.63, 3.8) is 0 Å². The number of benzene rings is 1. The number of imidazole rings is 1. The van der Waals surface area contributed by atoms with Crippen LogP contribution in [0.15, 0.2) is 42.7 Å². The van der Waals surface area contributed by atoms with Gasteiger partial charge in [0.25, 0.3) is 0 Å². The first kappa shape index (κ1) is 13.2. The third-order valence-electron chi connectivity index (χ3n) is 4.61. The molecule has 1 aliphatic carbocycles. The van der Waals surface area contributed by atoms with Crippen LogP contribution in [0.2, 0.25) is 0 Å². The second-order valence-electron chi connectivity index (χ2n) is 6.07. The second-order valence-corrected chi connectivity index (χ2v) is 6.07. The van der Waals surface area contributed by atoms with E-state index in [0.29, 0.717) is 6.04 Å². The number of para-hydroxylation sites is 1. The maximum Gasteiger partial charge on any atom is 0.207 e. The Morgan fingerprint density at radius 3 is 2.65 bits per heavy atom. The van der Waals surface area contributed by atoms with Gasteiger partial charge in [-0.1, -0.05) is 32.0 Å². The predicted octanol–water partition coefficient (Wildman–Crippen LogP) is 4.11. The molecule has 0 spiro atoms. The Labute approximate surface area is 121 Å². The van der Waals surface area contributed by atoms with E-state index < -0.39 is 0 Å². The maximum absolute atomic E-state index is 4.48. The zero-order chi connectivity index (χ0) is 13.9. The molecule has 3 unspecified atom stereocenters. The number of hydrogen-bond donors (Lipinski definition) is 1. The van der Waals surface area contributed by atoms with Gasteiger partial charge >= 0.3 is 0 Å². The highest BCUT2D eigenvalue weighted by Crippen LogP contribution is 2.31. The Morgan fingerprint density at radius 2 is 1.90 bits per heavy atom. The van der Waals surface area contributed by atoms with Crippen molar-refractivity contribution in [2.45, 2.75) is 39.2 Å². The van der Waals surface area contributed by atoms with E-state index in [0.717, 1.165) is 23.5 Å². The summed E-state index contributed by atoms with van der Waals surface area (Å²) in [6, 6.07) is 10.9. The van der Waals surface area contributed by atoms with E-state index in [1.807, 2.05) is 18.5 Å². The van der Waals surface area contributed by atoms with Gasteiger partial charge in [0.05, 0.1) is 0 Å². The molecule has 0 bridgehead atoms. The number of anilines is 1. The number of nitrogens with one attached hydrogen (secondary N) is 1. The molecule has 1 fully saturated rings. The first-order chi connectivity index (χ1) is 9.74. The molecule has 0 radical (unpaired) electrons. The lowest BCUT2D eigenvalue weighted by atomic mass is 9.79. The van der Waals surface area contributed by atoms with Gasteiger partial charge in [0, 0.05) is 24.1 Å². The van der Waals surface area contributed by atoms with Gasteiger partial charge in [0.2, 0.25) is 5.95 Å². The molecule has 1 saturated carbocycles. The molecule has 0 saturated heterocycles. The lowest BCUT2D eigenvalue weighted by Crippen LogP contribution is -2.31. The van der Waals surface area contributed by atoms with Crippen LogP contribution in [-0.4, -0.2) is 15.6 Å². The van der Waals surface area contributed by atoms with Crippen LogP contribution in [-0.2, 0) is 0 Å². The molecule has 2 aromatic rings. The molecule has 3 heteroatoms. The van der Waals surface area contributed by atoms with Gasteiger partial charge in [-0.15, -0.1) is 0 Å². The number of rotatable bonds is 3. The van der Waals surface area contributed by atoms with Crippen molar-refractivity contribution in [2.75, 3.05) is 5.32 Å². The molecule has 20 heavy (non-hydrogen) atoms. The van der Waals surface area contributed by atoms with Crippen LogP contribution in [0.25, 0.3) is 5.69 Å². The van der Waals surface area contributed by atoms with Gasteiger partial charge in [-0.3, -0.25) is 4.57 Å². The fourth-order valence-corrected chi connectivity index (χ4v) is 3.07. The Morgan fingerprint density at radius 1 is 1.10 bits per heavy atom. The molecule has 1 N–H and O–H groups in total. The molecule has 106 valence electrons. The third-order valence-corrected chi connectivity index (χ3v) is 4.61. The lowest BCUT2D eigenvalue weighted by Gasteiger charge is -2.32. The minimum atomic E-state index is 0.547. The van der Waals surface area contributed by atoms with Crippen molar-refractivity contribution in [1.82, 2.24) is 9.55 Å². The van der Waals surface area contributed by atoms with Crippen LogP contribution in [0.5, 0.6) is 0 Å². The summed E-state index contributed by atoms with van der Waals surface area (Å²) >= 11 is 0. The van der Waals surface area contributed by atoms with E-state index in [1.165, 1.54) is 19.3 Å². The summed E-state index contributed by atoms with van der Waals surface area (Å²) in [5, 5.41) is 3.63. The molecule has 0 amide bonds.